The lowest BCUT2D eigenvalue weighted by Crippen LogP contribution is -2.17. The van der Waals surface area contributed by atoms with Gasteiger partial charge in [0.25, 0.3) is 0 Å². The van der Waals surface area contributed by atoms with Crippen molar-refractivity contribution in [3.05, 3.63) is 47.8 Å². The van der Waals surface area contributed by atoms with Crippen molar-refractivity contribution in [1.29, 1.82) is 0 Å². The number of para-hydroxylation sites is 1. The number of rotatable bonds is 3. The summed E-state index contributed by atoms with van der Waals surface area (Å²) in [6, 6.07) is 6.21. The molecule has 0 aliphatic carbocycles. The maximum absolute atomic E-state index is 12.6. The Balaban J connectivity index is 2.57. The number of carbonyl (C=O) groups excluding carboxylic acids is 1. The van der Waals surface area contributed by atoms with E-state index in [4.69, 9.17) is 0 Å². The maximum Gasteiger partial charge on any atom is 0.573 e. The van der Waals surface area contributed by atoms with Crippen LogP contribution in [0.5, 0.6) is 5.75 Å². The van der Waals surface area contributed by atoms with Gasteiger partial charge in [-0.25, -0.2) is 4.98 Å². The molecule has 0 atom stereocenters. The number of nitrogens with zero attached hydrogens (tertiary/aromatic N) is 1. The first-order valence-corrected chi connectivity index (χ1v) is 6.00. The summed E-state index contributed by atoms with van der Waals surface area (Å²) in [5.41, 5.74) is -2.36. The van der Waals surface area contributed by atoms with Crippen LogP contribution in [0, 0.1) is 0 Å². The Hall–Kier alpha value is -2.58. The van der Waals surface area contributed by atoms with Crippen LogP contribution in [0.1, 0.15) is 16.2 Å². The van der Waals surface area contributed by atoms with E-state index in [-0.39, 0.29) is 17.4 Å². The highest BCUT2D eigenvalue weighted by Crippen LogP contribution is 2.36. The van der Waals surface area contributed by atoms with Crippen molar-refractivity contribution in [3.8, 4) is 16.9 Å². The van der Waals surface area contributed by atoms with Crippen molar-refractivity contribution in [1.82, 2.24) is 4.98 Å². The fraction of sp³-hybridized carbons (Fsp3) is 0.143. The number of aldehydes is 1. The monoisotopic (exact) mass is 335 g/mol. The standard InChI is InChI=1S/C14H7F6NO2/c15-13(16,17)12-6-5-8(10(7-22)21-12)9-3-1-2-4-11(9)23-14(18,19)20/h1-7H. The van der Waals surface area contributed by atoms with Crippen LogP contribution in [0.2, 0.25) is 0 Å². The molecule has 1 aromatic heterocycles. The molecule has 0 spiro atoms. The number of hydrogen-bond acceptors (Lipinski definition) is 3. The Bertz CT molecular complexity index is 724. The summed E-state index contributed by atoms with van der Waals surface area (Å²) in [6.07, 6.45) is -9.73. The van der Waals surface area contributed by atoms with Crippen molar-refractivity contribution in [2.45, 2.75) is 12.5 Å². The molecule has 0 N–H and O–H groups in total. The number of alkyl halides is 6. The second-order valence-electron chi connectivity index (χ2n) is 4.29. The van der Waals surface area contributed by atoms with Crippen LogP contribution in [0.15, 0.2) is 36.4 Å². The van der Waals surface area contributed by atoms with Gasteiger partial charge in [0.15, 0.2) is 6.29 Å². The zero-order valence-corrected chi connectivity index (χ0v) is 11.1. The summed E-state index contributed by atoms with van der Waals surface area (Å²) in [7, 11) is 0. The van der Waals surface area contributed by atoms with Gasteiger partial charge in [-0.1, -0.05) is 18.2 Å². The molecule has 2 rings (SSSR count). The van der Waals surface area contributed by atoms with Crippen LogP contribution in [0.4, 0.5) is 26.3 Å². The zero-order valence-electron chi connectivity index (χ0n) is 11.1. The smallest absolute Gasteiger partial charge is 0.405 e. The summed E-state index contributed by atoms with van der Waals surface area (Å²) >= 11 is 0. The van der Waals surface area contributed by atoms with Crippen molar-refractivity contribution in [3.63, 3.8) is 0 Å². The van der Waals surface area contributed by atoms with Gasteiger partial charge >= 0.3 is 12.5 Å². The van der Waals surface area contributed by atoms with E-state index in [1.165, 1.54) is 18.2 Å². The van der Waals surface area contributed by atoms with Gasteiger partial charge in [-0.3, -0.25) is 4.79 Å². The second-order valence-corrected chi connectivity index (χ2v) is 4.29. The molecular weight excluding hydrogens is 328 g/mol. The molecule has 2 aromatic rings. The second kappa shape index (κ2) is 5.90. The summed E-state index contributed by atoms with van der Waals surface area (Å²) < 4.78 is 78.7. The van der Waals surface area contributed by atoms with Gasteiger partial charge in [0.2, 0.25) is 0 Å². The minimum atomic E-state index is -4.99. The van der Waals surface area contributed by atoms with Gasteiger partial charge in [0, 0.05) is 11.1 Å². The number of halogens is 6. The van der Waals surface area contributed by atoms with Gasteiger partial charge in [-0.05, 0) is 18.2 Å². The van der Waals surface area contributed by atoms with Gasteiger partial charge in [0.1, 0.15) is 17.1 Å². The molecule has 1 heterocycles. The molecule has 0 radical (unpaired) electrons. The molecule has 0 unspecified atom stereocenters. The van der Waals surface area contributed by atoms with E-state index in [1.807, 2.05) is 0 Å². The van der Waals surface area contributed by atoms with Crippen LogP contribution in [-0.2, 0) is 6.18 Å². The first-order chi connectivity index (χ1) is 10.6. The Labute approximate surface area is 125 Å². The SMILES string of the molecule is O=Cc1nc(C(F)(F)F)ccc1-c1ccccc1OC(F)(F)F. The third kappa shape index (κ3) is 3.99. The lowest BCUT2D eigenvalue weighted by Gasteiger charge is -2.15. The van der Waals surface area contributed by atoms with Gasteiger partial charge in [-0.15, -0.1) is 13.2 Å². The highest BCUT2D eigenvalue weighted by Gasteiger charge is 2.34. The molecule has 0 aliphatic heterocycles. The first kappa shape index (κ1) is 16.8. The van der Waals surface area contributed by atoms with E-state index in [9.17, 15) is 31.1 Å². The summed E-state index contributed by atoms with van der Waals surface area (Å²) in [4.78, 5) is 14.1. The summed E-state index contributed by atoms with van der Waals surface area (Å²) in [5, 5.41) is 0. The van der Waals surface area contributed by atoms with E-state index < -0.39 is 29.7 Å². The Morgan fingerprint density at radius 2 is 1.57 bits per heavy atom. The molecular formula is C14H7F6NO2. The van der Waals surface area contributed by atoms with Crippen molar-refractivity contribution in [2.75, 3.05) is 0 Å². The molecule has 0 saturated carbocycles. The van der Waals surface area contributed by atoms with E-state index in [2.05, 4.69) is 9.72 Å². The molecule has 0 amide bonds. The Kier molecular flexibility index (Phi) is 4.31. The topological polar surface area (TPSA) is 39.2 Å². The van der Waals surface area contributed by atoms with Gasteiger partial charge in [-0.2, -0.15) is 13.2 Å². The van der Waals surface area contributed by atoms with Gasteiger partial charge < -0.3 is 4.74 Å². The van der Waals surface area contributed by atoms with Crippen LogP contribution in [0.3, 0.4) is 0 Å². The normalized spacial score (nSPS) is 12.1. The average Bonchev–Trinajstić information content (AvgIpc) is 2.44. The van der Waals surface area contributed by atoms with Gasteiger partial charge in [0.05, 0.1) is 0 Å². The fourth-order valence-electron chi connectivity index (χ4n) is 1.85. The number of carbonyl (C=O) groups is 1. The number of ether oxygens (including phenoxy) is 1. The summed E-state index contributed by atoms with van der Waals surface area (Å²) in [5.74, 6) is -0.648. The van der Waals surface area contributed by atoms with E-state index in [1.54, 1.807) is 0 Å². The van der Waals surface area contributed by atoms with E-state index >= 15 is 0 Å². The van der Waals surface area contributed by atoms with Crippen LogP contribution in [-0.4, -0.2) is 17.6 Å². The number of hydrogen-bond donors (Lipinski definition) is 0. The lowest BCUT2D eigenvalue weighted by molar-refractivity contribution is -0.274. The number of benzene rings is 1. The predicted molar refractivity (Wildman–Crippen MR) is 66.7 cm³/mol. The Morgan fingerprint density at radius 1 is 0.913 bits per heavy atom. The molecule has 3 nitrogen and oxygen atoms in total. The third-order valence-corrected chi connectivity index (χ3v) is 2.73. The quantitative estimate of drug-likeness (QED) is 0.613. The average molecular weight is 335 g/mol. The predicted octanol–water partition coefficient (Wildman–Crippen LogP) is 4.48. The van der Waals surface area contributed by atoms with Crippen molar-refractivity contribution >= 4 is 6.29 Å². The number of pyridine rings is 1. The first-order valence-electron chi connectivity index (χ1n) is 6.00. The maximum atomic E-state index is 12.6. The van der Waals surface area contributed by atoms with Crippen molar-refractivity contribution < 1.29 is 35.9 Å². The minimum Gasteiger partial charge on any atom is -0.405 e. The van der Waals surface area contributed by atoms with Crippen LogP contribution in [0.25, 0.3) is 11.1 Å². The van der Waals surface area contributed by atoms with E-state index in [0.717, 1.165) is 12.1 Å². The molecule has 23 heavy (non-hydrogen) atoms. The fourth-order valence-corrected chi connectivity index (χ4v) is 1.85. The molecule has 0 bridgehead atoms. The third-order valence-electron chi connectivity index (χ3n) is 2.73. The van der Waals surface area contributed by atoms with Crippen LogP contribution >= 0.6 is 0 Å². The molecule has 0 saturated heterocycles. The number of aromatic nitrogens is 1. The minimum absolute atomic E-state index is 0.0366. The Morgan fingerprint density at radius 3 is 2.13 bits per heavy atom. The molecule has 9 heteroatoms. The zero-order chi connectivity index (χ0) is 17.3. The molecule has 0 aliphatic rings. The van der Waals surface area contributed by atoms with E-state index in [0.29, 0.717) is 6.07 Å². The highest BCUT2D eigenvalue weighted by molar-refractivity contribution is 5.87. The summed E-state index contributed by atoms with van der Waals surface area (Å²) in [6.45, 7) is 0. The van der Waals surface area contributed by atoms with Crippen LogP contribution < -0.4 is 4.74 Å². The van der Waals surface area contributed by atoms with Crippen molar-refractivity contribution in [2.24, 2.45) is 0 Å². The largest absolute Gasteiger partial charge is 0.573 e. The molecule has 0 fully saturated rings. The molecule has 122 valence electrons. The lowest BCUT2D eigenvalue weighted by atomic mass is 10.0. The molecule has 1 aromatic carbocycles. The highest BCUT2D eigenvalue weighted by atomic mass is 19.4.